The summed E-state index contributed by atoms with van der Waals surface area (Å²) in [7, 11) is 0. The number of alkyl halides is 3. The van der Waals surface area contributed by atoms with Crippen molar-refractivity contribution in [2.24, 2.45) is 0 Å². The van der Waals surface area contributed by atoms with Crippen LogP contribution in [-0.2, 0) is 16.1 Å². The van der Waals surface area contributed by atoms with Crippen LogP contribution in [0, 0.1) is 0 Å². The highest BCUT2D eigenvalue weighted by molar-refractivity contribution is 7.20. The zero-order valence-corrected chi connectivity index (χ0v) is 11.6. The molecule has 0 aliphatic rings. The summed E-state index contributed by atoms with van der Waals surface area (Å²) in [6, 6.07) is 3.79. The molecule has 9 heteroatoms. The molecule has 108 valence electrons. The van der Waals surface area contributed by atoms with Crippen LogP contribution in [0.2, 0.25) is 0 Å². The smallest absolute Gasteiger partial charge is 0.272 e. The van der Waals surface area contributed by atoms with Gasteiger partial charge >= 0.3 is 6.18 Å². The molecule has 2 aromatic heterocycles. The van der Waals surface area contributed by atoms with Gasteiger partial charge in [0.15, 0.2) is 6.61 Å². The number of nitrogens with zero attached hydrogens (tertiary/aromatic N) is 1. The first-order valence-corrected chi connectivity index (χ1v) is 7.15. The molecule has 0 spiro atoms. The Morgan fingerprint density at radius 1 is 1.40 bits per heavy atom. The number of nitrogens with one attached hydrogen (secondary N) is 1. The van der Waals surface area contributed by atoms with Gasteiger partial charge in [0.2, 0.25) is 5.91 Å². The Hall–Kier alpha value is -1.45. The summed E-state index contributed by atoms with van der Waals surface area (Å²) in [5.41, 5.74) is 2.23. The van der Waals surface area contributed by atoms with Crippen molar-refractivity contribution >= 4 is 28.6 Å². The number of hydrogen-bond donors (Lipinski definition) is 1. The third-order valence-electron chi connectivity index (χ3n) is 2.05. The van der Waals surface area contributed by atoms with Crippen molar-refractivity contribution in [2.75, 3.05) is 6.61 Å². The number of thiophene rings is 1. The highest BCUT2D eigenvalue weighted by atomic mass is 32.1. The zero-order chi connectivity index (χ0) is 14.6. The maximum atomic E-state index is 11.8. The number of hydrogen-bond acceptors (Lipinski definition) is 5. The Morgan fingerprint density at radius 3 is 2.85 bits per heavy atom. The number of carbonyl (C=O) groups excluding carboxylic acids is 1. The molecule has 2 rings (SSSR count). The van der Waals surface area contributed by atoms with Crippen LogP contribution in [0.25, 0.3) is 9.88 Å². The molecule has 0 atom stereocenters. The van der Waals surface area contributed by atoms with Crippen LogP contribution in [-0.4, -0.2) is 23.7 Å². The molecule has 2 heterocycles. The van der Waals surface area contributed by atoms with Gasteiger partial charge in [-0.2, -0.15) is 13.2 Å². The first-order valence-electron chi connectivity index (χ1n) is 5.40. The molecular weight excluding hydrogens is 313 g/mol. The van der Waals surface area contributed by atoms with E-state index in [4.69, 9.17) is 0 Å². The van der Waals surface area contributed by atoms with Crippen LogP contribution in [0.4, 0.5) is 13.2 Å². The van der Waals surface area contributed by atoms with Gasteiger partial charge in [0.05, 0.1) is 17.0 Å². The lowest BCUT2D eigenvalue weighted by Crippen LogP contribution is -2.30. The third-order valence-corrected chi connectivity index (χ3v) is 3.98. The van der Waals surface area contributed by atoms with Crippen molar-refractivity contribution in [3.63, 3.8) is 0 Å². The van der Waals surface area contributed by atoms with E-state index in [0.29, 0.717) is 5.69 Å². The Kier molecular flexibility index (Phi) is 4.73. The van der Waals surface area contributed by atoms with Crippen LogP contribution in [0.3, 0.4) is 0 Å². The van der Waals surface area contributed by atoms with Gasteiger partial charge in [0, 0.05) is 5.38 Å². The van der Waals surface area contributed by atoms with E-state index in [1.807, 2.05) is 17.5 Å². The number of carbonyl (C=O) groups is 1. The molecule has 1 amide bonds. The minimum absolute atomic E-state index is 0.125. The lowest BCUT2D eigenvalue weighted by atomic mass is 10.3. The average Bonchev–Trinajstić information content (AvgIpc) is 2.96. The Bertz CT molecular complexity index is 566. The fourth-order valence-electron chi connectivity index (χ4n) is 1.30. The van der Waals surface area contributed by atoms with Gasteiger partial charge < -0.3 is 0 Å². The molecule has 4 nitrogen and oxygen atoms in total. The monoisotopic (exact) mass is 322 g/mol. The van der Waals surface area contributed by atoms with Gasteiger partial charge in [-0.3, -0.25) is 9.63 Å². The lowest BCUT2D eigenvalue weighted by molar-refractivity contribution is -0.191. The molecule has 0 aromatic carbocycles. The number of rotatable bonds is 5. The Labute approximate surface area is 120 Å². The SMILES string of the molecule is O=C(Cc1csc(-c2cccs2)n1)NOCC(F)(F)F. The van der Waals surface area contributed by atoms with Gasteiger partial charge in [-0.05, 0) is 11.4 Å². The quantitative estimate of drug-likeness (QED) is 0.861. The normalized spacial score (nSPS) is 11.6. The van der Waals surface area contributed by atoms with E-state index in [1.165, 1.54) is 22.7 Å². The fraction of sp³-hybridized carbons (Fsp3) is 0.273. The Morgan fingerprint density at radius 2 is 2.20 bits per heavy atom. The largest absolute Gasteiger partial charge is 0.414 e. The number of thiazole rings is 1. The predicted octanol–water partition coefficient (Wildman–Crippen LogP) is 3.02. The standard InChI is InChI=1S/C11H9F3N2O2S2/c12-11(13,14)6-18-16-9(17)4-7-5-20-10(15-7)8-2-1-3-19-8/h1-3,5H,4,6H2,(H,16,17). The van der Waals surface area contributed by atoms with E-state index in [-0.39, 0.29) is 6.42 Å². The molecule has 0 fully saturated rings. The second kappa shape index (κ2) is 6.33. The molecule has 0 unspecified atom stereocenters. The molecule has 0 aliphatic carbocycles. The second-order valence-electron chi connectivity index (χ2n) is 3.73. The molecule has 2 aromatic rings. The predicted molar refractivity (Wildman–Crippen MR) is 69.3 cm³/mol. The van der Waals surface area contributed by atoms with Crippen molar-refractivity contribution in [3.05, 3.63) is 28.6 Å². The van der Waals surface area contributed by atoms with E-state index < -0.39 is 18.7 Å². The second-order valence-corrected chi connectivity index (χ2v) is 5.53. The number of halogens is 3. The van der Waals surface area contributed by atoms with Crippen LogP contribution in [0.5, 0.6) is 0 Å². The Balaban J connectivity index is 1.83. The van der Waals surface area contributed by atoms with Crippen LogP contribution < -0.4 is 5.48 Å². The van der Waals surface area contributed by atoms with Crippen LogP contribution in [0.15, 0.2) is 22.9 Å². The maximum absolute atomic E-state index is 11.8. The van der Waals surface area contributed by atoms with Crippen molar-refractivity contribution < 1.29 is 22.8 Å². The summed E-state index contributed by atoms with van der Waals surface area (Å²) < 4.78 is 35.4. The summed E-state index contributed by atoms with van der Waals surface area (Å²) in [5.74, 6) is -0.669. The topological polar surface area (TPSA) is 51.2 Å². The van der Waals surface area contributed by atoms with Gasteiger partial charge in [-0.15, -0.1) is 22.7 Å². The van der Waals surface area contributed by atoms with Crippen LogP contribution >= 0.6 is 22.7 Å². The fourth-order valence-corrected chi connectivity index (χ4v) is 2.93. The molecule has 1 N–H and O–H groups in total. The third kappa shape index (κ3) is 4.58. The van der Waals surface area contributed by atoms with Gasteiger partial charge in [-0.25, -0.2) is 10.5 Å². The first-order chi connectivity index (χ1) is 9.44. The summed E-state index contributed by atoms with van der Waals surface area (Å²) >= 11 is 2.90. The summed E-state index contributed by atoms with van der Waals surface area (Å²) in [5, 5.41) is 4.38. The van der Waals surface area contributed by atoms with Crippen molar-refractivity contribution in [1.82, 2.24) is 10.5 Å². The summed E-state index contributed by atoms with van der Waals surface area (Å²) in [6.45, 7) is -1.52. The lowest BCUT2D eigenvalue weighted by Gasteiger charge is -2.07. The van der Waals surface area contributed by atoms with E-state index in [1.54, 1.807) is 10.9 Å². The number of amides is 1. The van der Waals surface area contributed by atoms with Gasteiger partial charge in [0.25, 0.3) is 0 Å². The minimum Gasteiger partial charge on any atom is -0.272 e. The summed E-state index contributed by atoms with van der Waals surface area (Å²) in [4.78, 5) is 20.6. The van der Waals surface area contributed by atoms with Crippen molar-refractivity contribution in [2.45, 2.75) is 12.6 Å². The molecule has 0 radical (unpaired) electrons. The molecule has 20 heavy (non-hydrogen) atoms. The molecule has 0 saturated heterocycles. The molecule has 0 bridgehead atoms. The van der Waals surface area contributed by atoms with E-state index in [9.17, 15) is 18.0 Å². The van der Waals surface area contributed by atoms with E-state index in [0.717, 1.165) is 9.88 Å². The average molecular weight is 322 g/mol. The van der Waals surface area contributed by atoms with E-state index in [2.05, 4.69) is 9.82 Å². The number of aromatic nitrogens is 1. The number of hydroxylamine groups is 1. The molecular formula is C11H9F3N2O2S2. The van der Waals surface area contributed by atoms with Crippen LogP contribution in [0.1, 0.15) is 5.69 Å². The highest BCUT2D eigenvalue weighted by Crippen LogP contribution is 2.27. The van der Waals surface area contributed by atoms with Gasteiger partial charge in [0.1, 0.15) is 5.01 Å². The van der Waals surface area contributed by atoms with Crippen molar-refractivity contribution in [1.29, 1.82) is 0 Å². The van der Waals surface area contributed by atoms with Gasteiger partial charge in [-0.1, -0.05) is 6.07 Å². The minimum atomic E-state index is -4.47. The highest BCUT2D eigenvalue weighted by Gasteiger charge is 2.28. The first kappa shape index (κ1) is 14.9. The molecule has 0 saturated carbocycles. The summed E-state index contributed by atoms with van der Waals surface area (Å²) in [6.07, 6.45) is -4.60. The zero-order valence-electron chi connectivity index (χ0n) is 9.94. The molecule has 0 aliphatic heterocycles. The van der Waals surface area contributed by atoms with E-state index >= 15 is 0 Å². The maximum Gasteiger partial charge on any atom is 0.414 e. The van der Waals surface area contributed by atoms with Crippen molar-refractivity contribution in [3.8, 4) is 9.88 Å².